The molecule has 1 fully saturated rings. The Balaban J connectivity index is 2.15. The maximum absolute atomic E-state index is 14.0. The van der Waals surface area contributed by atoms with Gasteiger partial charge in [0.1, 0.15) is 11.9 Å². The molecule has 2 rings (SSSR count). The van der Waals surface area contributed by atoms with Crippen molar-refractivity contribution in [2.24, 2.45) is 0 Å². The van der Waals surface area contributed by atoms with Gasteiger partial charge in [0, 0.05) is 24.7 Å². The number of nitriles is 1. The zero-order chi connectivity index (χ0) is 13.0. The molecule has 1 aliphatic heterocycles. The Bertz CT molecular complexity index is 456. The maximum Gasteiger partial charge on any atom is 0.145 e. The minimum Gasteiger partial charge on any atom is -0.378 e. The van der Waals surface area contributed by atoms with Gasteiger partial charge in [-0.05, 0) is 12.5 Å². The second kappa shape index (κ2) is 5.94. The molecule has 1 unspecified atom stereocenters. The highest BCUT2D eigenvalue weighted by molar-refractivity contribution is 5.34. The fourth-order valence-electron chi connectivity index (χ4n) is 2.28. The summed E-state index contributed by atoms with van der Waals surface area (Å²) < 4.78 is 19.4. The summed E-state index contributed by atoms with van der Waals surface area (Å²) in [6, 6.07) is 7.21. The van der Waals surface area contributed by atoms with Gasteiger partial charge in [-0.15, -0.1) is 0 Å². The molecule has 0 radical (unpaired) electrons. The molecule has 1 heterocycles. The van der Waals surface area contributed by atoms with Gasteiger partial charge in [-0.25, -0.2) is 4.39 Å². The summed E-state index contributed by atoms with van der Waals surface area (Å²) in [5, 5.41) is 8.82. The van der Waals surface area contributed by atoms with Crippen LogP contribution in [-0.4, -0.2) is 30.7 Å². The number of hydrogen-bond donors (Lipinski definition) is 0. The molecular formula is C14H17FN2O. The van der Waals surface area contributed by atoms with Crippen molar-refractivity contribution in [3.8, 4) is 6.07 Å². The molecule has 0 spiro atoms. The topological polar surface area (TPSA) is 36.3 Å². The Kier molecular flexibility index (Phi) is 4.29. The molecule has 1 aliphatic rings. The van der Waals surface area contributed by atoms with E-state index in [-0.39, 0.29) is 11.4 Å². The van der Waals surface area contributed by atoms with Gasteiger partial charge in [-0.1, -0.05) is 19.1 Å². The quantitative estimate of drug-likeness (QED) is 0.823. The van der Waals surface area contributed by atoms with Crippen LogP contribution >= 0.6 is 0 Å². The lowest BCUT2D eigenvalue weighted by molar-refractivity contribution is -0.0131. The summed E-state index contributed by atoms with van der Waals surface area (Å²) in [4.78, 5) is 2.23. The SMILES string of the molecule is CCC1COCCN1Cc1cccc(C#N)c1F. The van der Waals surface area contributed by atoms with Crippen LogP contribution in [0.4, 0.5) is 4.39 Å². The minimum atomic E-state index is -0.388. The van der Waals surface area contributed by atoms with Gasteiger partial charge in [-0.2, -0.15) is 5.26 Å². The van der Waals surface area contributed by atoms with Crippen LogP contribution in [-0.2, 0) is 11.3 Å². The summed E-state index contributed by atoms with van der Waals surface area (Å²) in [6.45, 7) is 4.86. The zero-order valence-corrected chi connectivity index (χ0v) is 10.5. The molecule has 0 saturated carbocycles. The van der Waals surface area contributed by atoms with Crippen LogP contribution in [0.1, 0.15) is 24.5 Å². The molecule has 18 heavy (non-hydrogen) atoms. The molecule has 0 N–H and O–H groups in total. The molecule has 0 amide bonds. The molecule has 96 valence electrons. The molecule has 1 aromatic carbocycles. The monoisotopic (exact) mass is 248 g/mol. The number of halogens is 1. The summed E-state index contributed by atoms with van der Waals surface area (Å²) in [7, 11) is 0. The van der Waals surface area contributed by atoms with Crippen LogP contribution in [0.3, 0.4) is 0 Å². The van der Waals surface area contributed by atoms with Crippen molar-refractivity contribution in [3.63, 3.8) is 0 Å². The first-order chi connectivity index (χ1) is 8.76. The summed E-state index contributed by atoms with van der Waals surface area (Å²) in [6.07, 6.45) is 0.986. The van der Waals surface area contributed by atoms with Crippen molar-refractivity contribution < 1.29 is 9.13 Å². The highest BCUT2D eigenvalue weighted by atomic mass is 19.1. The van der Waals surface area contributed by atoms with Crippen LogP contribution < -0.4 is 0 Å². The number of rotatable bonds is 3. The number of benzene rings is 1. The highest BCUT2D eigenvalue weighted by Crippen LogP contribution is 2.18. The maximum atomic E-state index is 14.0. The number of morpholine rings is 1. The molecule has 0 aliphatic carbocycles. The molecule has 0 bridgehead atoms. The Morgan fingerprint density at radius 2 is 2.39 bits per heavy atom. The van der Waals surface area contributed by atoms with Crippen LogP contribution in [0.15, 0.2) is 18.2 Å². The summed E-state index contributed by atoms with van der Waals surface area (Å²) in [5.74, 6) is -0.388. The highest BCUT2D eigenvalue weighted by Gasteiger charge is 2.22. The molecule has 4 heteroatoms. The molecule has 1 saturated heterocycles. The van der Waals surface area contributed by atoms with Crippen molar-refractivity contribution >= 4 is 0 Å². The summed E-state index contributed by atoms with van der Waals surface area (Å²) in [5.41, 5.74) is 0.711. The van der Waals surface area contributed by atoms with E-state index in [1.807, 2.05) is 6.07 Å². The van der Waals surface area contributed by atoms with E-state index in [1.165, 1.54) is 6.07 Å². The second-order valence-corrected chi connectivity index (χ2v) is 4.50. The Morgan fingerprint density at radius 3 is 3.11 bits per heavy atom. The van der Waals surface area contributed by atoms with Gasteiger partial charge in [0.2, 0.25) is 0 Å². The van der Waals surface area contributed by atoms with E-state index in [9.17, 15) is 4.39 Å². The number of nitrogens with zero attached hydrogens (tertiary/aromatic N) is 2. The Morgan fingerprint density at radius 1 is 1.56 bits per heavy atom. The molecule has 1 aromatic rings. The Hall–Kier alpha value is -1.44. The van der Waals surface area contributed by atoms with Gasteiger partial charge in [-0.3, -0.25) is 4.90 Å². The molecular weight excluding hydrogens is 231 g/mol. The first kappa shape index (κ1) is 13.0. The molecule has 0 aromatic heterocycles. The van der Waals surface area contributed by atoms with Gasteiger partial charge in [0.15, 0.2) is 0 Å². The summed E-state index contributed by atoms with van der Waals surface area (Å²) >= 11 is 0. The fourth-order valence-corrected chi connectivity index (χ4v) is 2.28. The average Bonchev–Trinajstić information content (AvgIpc) is 2.42. The van der Waals surface area contributed by atoms with E-state index in [2.05, 4.69) is 11.8 Å². The predicted octanol–water partition coefficient (Wildman–Crippen LogP) is 2.31. The van der Waals surface area contributed by atoms with Gasteiger partial charge >= 0.3 is 0 Å². The molecule has 3 nitrogen and oxygen atoms in total. The van der Waals surface area contributed by atoms with E-state index in [4.69, 9.17) is 10.00 Å². The van der Waals surface area contributed by atoms with Crippen molar-refractivity contribution in [1.82, 2.24) is 4.90 Å². The first-order valence-electron chi connectivity index (χ1n) is 6.25. The van der Waals surface area contributed by atoms with Gasteiger partial charge < -0.3 is 4.74 Å². The van der Waals surface area contributed by atoms with Crippen LogP contribution in [0.5, 0.6) is 0 Å². The third-order valence-electron chi connectivity index (χ3n) is 3.39. The van der Waals surface area contributed by atoms with E-state index >= 15 is 0 Å². The van der Waals surface area contributed by atoms with Crippen LogP contribution in [0, 0.1) is 17.1 Å². The van der Waals surface area contributed by atoms with Crippen molar-refractivity contribution in [2.75, 3.05) is 19.8 Å². The fraction of sp³-hybridized carbons (Fsp3) is 0.500. The number of hydrogen-bond acceptors (Lipinski definition) is 3. The predicted molar refractivity (Wildman–Crippen MR) is 66.4 cm³/mol. The minimum absolute atomic E-state index is 0.119. The largest absolute Gasteiger partial charge is 0.378 e. The Labute approximate surface area is 107 Å². The lowest BCUT2D eigenvalue weighted by Crippen LogP contribution is -2.44. The van der Waals surface area contributed by atoms with Gasteiger partial charge in [0.25, 0.3) is 0 Å². The van der Waals surface area contributed by atoms with E-state index < -0.39 is 0 Å². The first-order valence-corrected chi connectivity index (χ1v) is 6.25. The second-order valence-electron chi connectivity index (χ2n) is 4.50. The lowest BCUT2D eigenvalue weighted by Gasteiger charge is -2.35. The van der Waals surface area contributed by atoms with Gasteiger partial charge in [0.05, 0.1) is 18.8 Å². The van der Waals surface area contributed by atoms with Crippen molar-refractivity contribution in [2.45, 2.75) is 25.9 Å². The van der Waals surface area contributed by atoms with Crippen molar-refractivity contribution in [3.05, 3.63) is 35.1 Å². The van der Waals surface area contributed by atoms with E-state index in [0.29, 0.717) is 31.4 Å². The van der Waals surface area contributed by atoms with Crippen molar-refractivity contribution in [1.29, 1.82) is 5.26 Å². The normalized spacial score (nSPS) is 20.6. The lowest BCUT2D eigenvalue weighted by atomic mass is 10.1. The number of ether oxygens (including phenoxy) is 1. The van der Waals surface area contributed by atoms with E-state index in [0.717, 1.165) is 13.0 Å². The standard InChI is InChI=1S/C14H17FN2O/c1-2-13-10-18-7-6-17(13)9-12-5-3-4-11(8-16)14(12)15/h3-5,13H,2,6-7,9-10H2,1H3. The van der Waals surface area contributed by atoms with Crippen LogP contribution in [0.25, 0.3) is 0 Å². The van der Waals surface area contributed by atoms with E-state index in [1.54, 1.807) is 12.1 Å². The smallest absolute Gasteiger partial charge is 0.145 e. The van der Waals surface area contributed by atoms with Crippen LogP contribution in [0.2, 0.25) is 0 Å². The third-order valence-corrected chi connectivity index (χ3v) is 3.39. The zero-order valence-electron chi connectivity index (χ0n) is 10.5. The average molecular weight is 248 g/mol. The third kappa shape index (κ3) is 2.69. The molecule has 1 atom stereocenters.